The Morgan fingerprint density at radius 1 is 0.340 bits per heavy atom. The van der Waals surface area contributed by atoms with Crippen molar-refractivity contribution in [2.75, 3.05) is 47.5 Å². The number of rotatable bonds is 74. The molecule has 0 aliphatic rings. The summed E-state index contributed by atoms with van der Waals surface area (Å²) in [5.74, 6) is -0.781. The SMILES string of the molecule is CC/C=C\C/C=C\C/C=C\C/C=C\C/C=C\C/C=C\CCCCCCCCCCCCCCCCCCC(=O)OC(COC(=O)CCCCCCCCCCCCCCCCCCCCCCCCC/C=C\C/C=C\CCCCCCC)COP(=O)(O)OCC[N+](C)(C)C. The average molecular weight is 1340 g/mol. The van der Waals surface area contributed by atoms with Crippen LogP contribution in [-0.2, 0) is 32.7 Å². The average Bonchev–Trinajstić information content (AvgIpc) is 1.68. The molecule has 0 aromatic rings. The highest BCUT2D eigenvalue weighted by Crippen LogP contribution is 2.43. The molecule has 0 fully saturated rings. The molecule has 546 valence electrons. The molecule has 0 spiro atoms. The Morgan fingerprint density at radius 3 is 0.904 bits per heavy atom. The van der Waals surface area contributed by atoms with Crippen molar-refractivity contribution in [3.63, 3.8) is 0 Å². The number of phosphoric acid groups is 1. The van der Waals surface area contributed by atoms with E-state index in [1.54, 1.807) is 0 Å². The van der Waals surface area contributed by atoms with Crippen LogP contribution in [0.15, 0.2) is 97.2 Å². The number of unbranched alkanes of at least 4 members (excludes halogenated alkanes) is 44. The van der Waals surface area contributed by atoms with E-state index in [0.717, 1.165) is 77.0 Å². The molecule has 10 heteroatoms. The van der Waals surface area contributed by atoms with Gasteiger partial charge in [0, 0.05) is 12.8 Å². The van der Waals surface area contributed by atoms with Gasteiger partial charge in [-0.15, -0.1) is 0 Å². The predicted molar refractivity (Wildman–Crippen MR) is 408 cm³/mol. The molecule has 0 saturated heterocycles. The second kappa shape index (κ2) is 74.2. The third kappa shape index (κ3) is 77.9. The van der Waals surface area contributed by atoms with Crippen molar-refractivity contribution < 1.29 is 42.1 Å². The molecule has 0 amide bonds. The summed E-state index contributed by atoms with van der Waals surface area (Å²) in [5.41, 5.74) is 0. The van der Waals surface area contributed by atoms with E-state index < -0.39 is 26.5 Å². The van der Waals surface area contributed by atoms with Crippen LogP contribution in [0.2, 0.25) is 0 Å². The zero-order valence-electron chi connectivity index (χ0n) is 62.4. The van der Waals surface area contributed by atoms with Gasteiger partial charge in [-0.05, 0) is 96.3 Å². The molecule has 0 aliphatic heterocycles. The number of allylic oxidation sites excluding steroid dienone is 16. The van der Waals surface area contributed by atoms with Gasteiger partial charge in [0.25, 0.3) is 0 Å². The van der Waals surface area contributed by atoms with Crippen LogP contribution < -0.4 is 0 Å². The molecule has 9 nitrogen and oxygen atoms in total. The summed E-state index contributed by atoms with van der Waals surface area (Å²) in [4.78, 5) is 36.0. The van der Waals surface area contributed by atoms with Crippen molar-refractivity contribution >= 4 is 19.8 Å². The Kier molecular flexibility index (Phi) is 71.7. The maximum atomic E-state index is 12.9. The number of esters is 2. The molecule has 2 unspecified atom stereocenters. The maximum Gasteiger partial charge on any atom is 0.472 e. The molecule has 0 bridgehead atoms. The summed E-state index contributed by atoms with van der Waals surface area (Å²) in [5, 5.41) is 0. The Hall–Kier alpha value is -3.07. The van der Waals surface area contributed by atoms with Crippen molar-refractivity contribution in [2.45, 2.75) is 380 Å². The van der Waals surface area contributed by atoms with E-state index in [1.807, 2.05) is 21.1 Å². The minimum Gasteiger partial charge on any atom is -0.462 e. The standard InChI is InChI=1S/C84H152NO8P/c1-6-8-10-12-14-16-18-20-22-24-26-28-30-32-34-36-38-40-42-44-46-48-50-52-54-56-58-60-62-64-66-68-70-72-74-76-83(86)90-80-82(81-92-94(88,89)91-79-78-85(3,4)5)93-84(87)77-75-73-71-69-67-65-63-61-59-57-55-53-51-49-47-45-43-41-39-37-35-33-31-29-27-25-23-21-19-17-15-13-11-9-7-2/h9,11,15,17-18,20-21,23-24,26-27,29,33,35,39,41,82H,6-8,10,12-14,16,19,22,25,28,30-32,34,36-38,40,42-81H2,1-5H3/p+1/b11-9-,17-15-,20-18-,23-21-,26-24-,29-27-,35-33-,41-39-. The summed E-state index contributed by atoms with van der Waals surface area (Å²) in [7, 11) is 1.49. The minimum absolute atomic E-state index is 0.0312. The van der Waals surface area contributed by atoms with E-state index in [4.69, 9.17) is 18.5 Å². The van der Waals surface area contributed by atoms with Crippen molar-refractivity contribution in [3.05, 3.63) is 97.2 Å². The number of phosphoric ester groups is 1. The van der Waals surface area contributed by atoms with E-state index in [2.05, 4.69) is 111 Å². The number of quaternary nitrogens is 1. The summed E-state index contributed by atoms with van der Waals surface area (Å²) in [6.45, 7) is 4.36. The molecule has 0 radical (unpaired) electrons. The summed E-state index contributed by atoms with van der Waals surface area (Å²) in [6, 6.07) is 0. The van der Waals surface area contributed by atoms with Gasteiger partial charge < -0.3 is 18.9 Å². The molecule has 0 rings (SSSR count). The Balaban J connectivity index is 3.95. The summed E-state index contributed by atoms with van der Waals surface area (Å²) >= 11 is 0. The van der Waals surface area contributed by atoms with Gasteiger partial charge in [0.2, 0.25) is 0 Å². The molecule has 1 N–H and O–H groups in total. The van der Waals surface area contributed by atoms with Gasteiger partial charge in [0.1, 0.15) is 19.8 Å². The first-order valence-electron chi connectivity index (χ1n) is 40.0. The van der Waals surface area contributed by atoms with E-state index >= 15 is 0 Å². The summed E-state index contributed by atoms with van der Waals surface area (Å²) < 4.78 is 34.8. The Labute approximate surface area is 583 Å². The highest BCUT2D eigenvalue weighted by Gasteiger charge is 2.27. The van der Waals surface area contributed by atoms with Crippen LogP contribution in [0.25, 0.3) is 0 Å². The van der Waals surface area contributed by atoms with Gasteiger partial charge in [-0.1, -0.05) is 361 Å². The maximum absolute atomic E-state index is 12.9. The molecule has 2 atom stereocenters. The monoisotopic (exact) mass is 1340 g/mol. The minimum atomic E-state index is -4.40. The smallest absolute Gasteiger partial charge is 0.462 e. The van der Waals surface area contributed by atoms with Gasteiger partial charge in [-0.2, -0.15) is 0 Å². The zero-order chi connectivity index (χ0) is 68.3. The number of nitrogens with zero attached hydrogens (tertiary/aromatic N) is 1. The van der Waals surface area contributed by atoms with Crippen LogP contribution in [0.4, 0.5) is 0 Å². The van der Waals surface area contributed by atoms with Crippen molar-refractivity contribution in [3.8, 4) is 0 Å². The quantitative estimate of drug-likeness (QED) is 0.0211. The summed E-state index contributed by atoms with van der Waals surface area (Å²) in [6.07, 6.45) is 104. The molecule has 0 saturated carbocycles. The lowest BCUT2D eigenvalue weighted by Crippen LogP contribution is -2.37. The van der Waals surface area contributed by atoms with Crippen molar-refractivity contribution in [1.29, 1.82) is 0 Å². The molecule has 0 aliphatic carbocycles. The third-order valence-corrected chi connectivity index (χ3v) is 18.6. The number of ether oxygens (including phenoxy) is 2. The second-order valence-corrected chi connectivity index (χ2v) is 29.5. The first-order valence-corrected chi connectivity index (χ1v) is 41.5. The van der Waals surface area contributed by atoms with Crippen molar-refractivity contribution in [2.24, 2.45) is 0 Å². The fourth-order valence-electron chi connectivity index (χ4n) is 11.5. The van der Waals surface area contributed by atoms with Crippen LogP contribution in [0.3, 0.4) is 0 Å². The first-order chi connectivity index (χ1) is 46.0. The van der Waals surface area contributed by atoms with E-state index in [9.17, 15) is 19.0 Å². The van der Waals surface area contributed by atoms with Crippen LogP contribution in [0.5, 0.6) is 0 Å². The molecule has 0 aromatic heterocycles. The molecular weight excluding hydrogens is 1180 g/mol. The van der Waals surface area contributed by atoms with E-state index in [0.29, 0.717) is 23.9 Å². The van der Waals surface area contributed by atoms with Gasteiger partial charge >= 0.3 is 19.8 Å². The molecule has 0 heterocycles. The fourth-order valence-corrected chi connectivity index (χ4v) is 12.3. The lowest BCUT2D eigenvalue weighted by atomic mass is 10.0. The third-order valence-electron chi connectivity index (χ3n) is 17.6. The highest BCUT2D eigenvalue weighted by atomic mass is 31.2. The predicted octanol–water partition coefficient (Wildman–Crippen LogP) is 26.6. The van der Waals surface area contributed by atoms with Crippen LogP contribution in [0.1, 0.15) is 373 Å². The molecule has 94 heavy (non-hydrogen) atoms. The molecular formula is C84H153NO8P+. The highest BCUT2D eigenvalue weighted by molar-refractivity contribution is 7.47. The number of likely N-dealkylation sites (N-methyl/N-ethyl adjacent to an activating group) is 1. The van der Waals surface area contributed by atoms with Gasteiger partial charge in [0.05, 0.1) is 27.7 Å². The number of hydrogen-bond acceptors (Lipinski definition) is 7. The zero-order valence-corrected chi connectivity index (χ0v) is 63.3. The Morgan fingerprint density at radius 2 is 0.606 bits per heavy atom. The van der Waals surface area contributed by atoms with Crippen LogP contribution in [0, 0.1) is 0 Å². The van der Waals surface area contributed by atoms with Gasteiger partial charge in [-0.3, -0.25) is 18.6 Å². The largest absolute Gasteiger partial charge is 0.472 e. The van der Waals surface area contributed by atoms with Gasteiger partial charge in [0.15, 0.2) is 6.10 Å². The number of carbonyl (C=O) groups excluding carboxylic acids is 2. The van der Waals surface area contributed by atoms with Crippen molar-refractivity contribution in [1.82, 2.24) is 0 Å². The molecule has 0 aromatic carbocycles. The van der Waals surface area contributed by atoms with Crippen LogP contribution >= 0.6 is 7.82 Å². The first kappa shape index (κ1) is 90.9. The van der Waals surface area contributed by atoms with Gasteiger partial charge in [-0.25, -0.2) is 4.57 Å². The van der Waals surface area contributed by atoms with Crippen LogP contribution in [-0.4, -0.2) is 74.9 Å². The number of carbonyl (C=O) groups is 2. The van der Waals surface area contributed by atoms with E-state index in [1.165, 1.54) is 263 Å². The van der Waals surface area contributed by atoms with E-state index in [-0.39, 0.29) is 25.6 Å². The second-order valence-electron chi connectivity index (χ2n) is 28.1. The fraction of sp³-hybridized carbons (Fsp3) is 0.786. The lowest BCUT2D eigenvalue weighted by molar-refractivity contribution is -0.870. The normalized spacial score (nSPS) is 13.6. The number of hydrogen-bond donors (Lipinski definition) is 1. The Bertz CT molecular complexity index is 1910. The topological polar surface area (TPSA) is 108 Å². The lowest BCUT2D eigenvalue weighted by Gasteiger charge is -2.24.